The van der Waals surface area contributed by atoms with Crippen LogP contribution >= 0.6 is 0 Å². The maximum atomic E-state index is 12.6. The van der Waals surface area contributed by atoms with E-state index in [9.17, 15) is 18.0 Å². The zero-order chi connectivity index (χ0) is 21.4. The highest BCUT2D eigenvalue weighted by molar-refractivity contribution is 7.92. The number of nitrogens with one attached hydrogen (secondary N) is 3. The van der Waals surface area contributed by atoms with E-state index in [4.69, 9.17) is 4.74 Å². The number of benzene rings is 2. The van der Waals surface area contributed by atoms with E-state index in [1.54, 1.807) is 36.4 Å². The van der Waals surface area contributed by atoms with Gasteiger partial charge in [-0.3, -0.25) is 14.3 Å². The van der Waals surface area contributed by atoms with Gasteiger partial charge in [0.05, 0.1) is 6.26 Å². The number of carbonyl (C=O) groups excluding carboxylic acids is 2. The Labute approximate surface area is 170 Å². The monoisotopic (exact) mass is 419 g/mol. The highest BCUT2D eigenvalue weighted by atomic mass is 32.2. The van der Waals surface area contributed by atoms with Crippen LogP contribution in [0.1, 0.15) is 13.8 Å². The average molecular weight is 420 g/mol. The van der Waals surface area contributed by atoms with Crippen LogP contribution in [0.5, 0.6) is 5.75 Å². The molecule has 0 saturated carbocycles. The van der Waals surface area contributed by atoms with Gasteiger partial charge in [-0.15, -0.1) is 0 Å². The summed E-state index contributed by atoms with van der Waals surface area (Å²) in [6.07, 6.45) is 1.06. The van der Waals surface area contributed by atoms with Crippen molar-refractivity contribution in [2.24, 2.45) is 5.92 Å². The van der Waals surface area contributed by atoms with E-state index in [1.165, 1.54) is 12.1 Å². The summed E-state index contributed by atoms with van der Waals surface area (Å²) in [5, 5.41) is 5.40. The topological polar surface area (TPSA) is 114 Å². The Kier molecular flexibility index (Phi) is 7.60. The number of rotatable bonds is 9. The van der Waals surface area contributed by atoms with E-state index in [0.29, 0.717) is 17.1 Å². The van der Waals surface area contributed by atoms with E-state index in [1.807, 2.05) is 19.9 Å². The smallest absolute Gasteiger partial charge is 0.258 e. The molecular formula is C20H25N3O5S. The lowest BCUT2D eigenvalue weighted by Gasteiger charge is -2.22. The summed E-state index contributed by atoms with van der Waals surface area (Å²) in [5.41, 5.74) is 0.867. The van der Waals surface area contributed by atoms with Crippen molar-refractivity contribution in [3.8, 4) is 5.75 Å². The minimum absolute atomic E-state index is 0.151. The largest absolute Gasteiger partial charge is 0.484 e. The molecule has 2 aromatic rings. The fourth-order valence-electron chi connectivity index (χ4n) is 2.47. The number of amides is 2. The third-order valence-corrected chi connectivity index (χ3v) is 4.44. The molecule has 0 aromatic heterocycles. The minimum Gasteiger partial charge on any atom is -0.484 e. The molecule has 0 fully saturated rings. The van der Waals surface area contributed by atoms with Crippen LogP contribution in [-0.2, 0) is 19.6 Å². The van der Waals surface area contributed by atoms with Crippen LogP contribution in [0.2, 0.25) is 0 Å². The molecule has 156 valence electrons. The van der Waals surface area contributed by atoms with Crippen molar-refractivity contribution in [3.05, 3.63) is 54.6 Å². The third kappa shape index (κ3) is 7.82. The summed E-state index contributed by atoms with van der Waals surface area (Å²) in [7, 11) is -3.37. The summed E-state index contributed by atoms with van der Waals surface area (Å²) in [6.45, 7) is 3.44. The standard InChI is InChI=1S/C20H25N3O5S/c1-14(2)19(22-18(24)13-28-17-7-5-4-6-8-17)20(25)21-15-9-11-16(12-10-15)23-29(3,26)27/h4-12,14,19,23H,13H2,1-3H3,(H,21,25)(H,22,24)/t19-/m0/s1. The number of sulfonamides is 1. The summed E-state index contributed by atoms with van der Waals surface area (Å²) in [5.74, 6) is -0.370. The van der Waals surface area contributed by atoms with Crippen LogP contribution < -0.4 is 20.1 Å². The molecule has 9 heteroatoms. The van der Waals surface area contributed by atoms with Gasteiger partial charge in [0, 0.05) is 11.4 Å². The lowest BCUT2D eigenvalue weighted by molar-refractivity contribution is -0.128. The molecule has 8 nitrogen and oxygen atoms in total. The Hall–Kier alpha value is -3.07. The maximum Gasteiger partial charge on any atom is 0.258 e. The average Bonchev–Trinajstić information content (AvgIpc) is 2.65. The maximum absolute atomic E-state index is 12.6. The van der Waals surface area contributed by atoms with Crippen molar-refractivity contribution in [1.29, 1.82) is 0 Å². The summed E-state index contributed by atoms with van der Waals surface area (Å²) in [4.78, 5) is 24.8. The Morgan fingerprint density at radius 3 is 2.10 bits per heavy atom. The second kappa shape index (κ2) is 9.92. The number of ether oxygens (including phenoxy) is 1. The van der Waals surface area contributed by atoms with Gasteiger partial charge in [-0.05, 0) is 42.3 Å². The molecule has 0 bridgehead atoms. The molecule has 29 heavy (non-hydrogen) atoms. The van der Waals surface area contributed by atoms with E-state index in [-0.39, 0.29) is 18.4 Å². The van der Waals surface area contributed by atoms with Crippen LogP contribution in [0.3, 0.4) is 0 Å². The van der Waals surface area contributed by atoms with Crippen molar-refractivity contribution < 1.29 is 22.7 Å². The second-order valence-electron chi connectivity index (χ2n) is 6.83. The number of hydrogen-bond acceptors (Lipinski definition) is 5. The van der Waals surface area contributed by atoms with Gasteiger partial charge in [0.2, 0.25) is 15.9 Å². The van der Waals surface area contributed by atoms with Crippen molar-refractivity contribution in [1.82, 2.24) is 5.32 Å². The molecule has 3 N–H and O–H groups in total. The van der Waals surface area contributed by atoms with Gasteiger partial charge in [-0.2, -0.15) is 0 Å². The lowest BCUT2D eigenvalue weighted by atomic mass is 10.0. The normalized spacial score (nSPS) is 12.1. The number of hydrogen-bond donors (Lipinski definition) is 3. The molecule has 0 heterocycles. The Morgan fingerprint density at radius 1 is 0.966 bits per heavy atom. The van der Waals surface area contributed by atoms with E-state index < -0.39 is 22.0 Å². The van der Waals surface area contributed by atoms with Gasteiger partial charge in [0.15, 0.2) is 6.61 Å². The summed E-state index contributed by atoms with van der Waals surface area (Å²) in [6, 6.07) is 14.4. The van der Waals surface area contributed by atoms with Crippen LogP contribution in [0.25, 0.3) is 0 Å². The van der Waals surface area contributed by atoms with Crippen molar-refractivity contribution in [3.63, 3.8) is 0 Å². The highest BCUT2D eigenvalue weighted by Gasteiger charge is 2.24. The van der Waals surface area contributed by atoms with Gasteiger partial charge in [-0.1, -0.05) is 32.0 Å². The van der Waals surface area contributed by atoms with E-state index in [2.05, 4.69) is 15.4 Å². The molecule has 0 aliphatic heterocycles. The number of anilines is 2. The molecule has 0 aliphatic carbocycles. The Bertz CT molecular complexity index is 928. The van der Waals surface area contributed by atoms with Gasteiger partial charge < -0.3 is 15.4 Å². The van der Waals surface area contributed by atoms with Crippen LogP contribution in [-0.4, -0.2) is 39.1 Å². The molecule has 0 saturated heterocycles. The first kappa shape index (κ1) is 22.2. The predicted molar refractivity (Wildman–Crippen MR) is 112 cm³/mol. The highest BCUT2D eigenvalue weighted by Crippen LogP contribution is 2.16. The van der Waals surface area contributed by atoms with E-state index in [0.717, 1.165) is 6.26 Å². The summed E-state index contributed by atoms with van der Waals surface area (Å²) < 4.78 is 30.2. The van der Waals surface area contributed by atoms with Gasteiger partial charge >= 0.3 is 0 Å². The first-order valence-corrected chi connectivity index (χ1v) is 10.9. The first-order chi connectivity index (χ1) is 13.6. The zero-order valence-corrected chi connectivity index (χ0v) is 17.3. The summed E-state index contributed by atoms with van der Waals surface area (Å²) >= 11 is 0. The predicted octanol–water partition coefficient (Wildman–Crippen LogP) is 2.22. The zero-order valence-electron chi connectivity index (χ0n) is 16.5. The molecule has 0 spiro atoms. The van der Waals surface area contributed by atoms with Crippen LogP contribution in [0.4, 0.5) is 11.4 Å². The Morgan fingerprint density at radius 2 is 1.55 bits per heavy atom. The molecule has 2 aromatic carbocycles. The van der Waals surface area contributed by atoms with Crippen molar-refractivity contribution >= 4 is 33.2 Å². The Balaban J connectivity index is 1.93. The molecular weight excluding hydrogens is 394 g/mol. The molecule has 2 amide bonds. The van der Waals surface area contributed by atoms with Crippen LogP contribution in [0, 0.1) is 5.92 Å². The van der Waals surface area contributed by atoms with Gasteiger partial charge in [0.25, 0.3) is 5.91 Å². The fraction of sp³-hybridized carbons (Fsp3) is 0.300. The van der Waals surface area contributed by atoms with Crippen LogP contribution in [0.15, 0.2) is 54.6 Å². The van der Waals surface area contributed by atoms with Gasteiger partial charge in [0.1, 0.15) is 11.8 Å². The van der Waals surface area contributed by atoms with Crippen molar-refractivity contribution in [2.75, 3.05) is 22.9 Å². The van der Waals surface area contributed by atoms with Crippen molar-refractivity contribution in [2.45, 2.75) is 19.9 Å². The number of carbonyl (C=O) groups is 2. The minimum atomic E-state index is -3.37. The molecule has 2 rings (SSSR count). The fourth-order valence-corrected chi connectivity index (χ4v) is 3.04. The molecule has 0 radical (unpaired) electrons. The molecule has 0 unspecified atom stereocenters. The first-order valence-electron chi connectivity index (χ1n) is 9.00. The lowest BCUT2D eigenvalue weighted by Crippen LogP contribution is -2.48. The molecule has 1 atom stereocenters. The second-order valence-corrected chi connectivity index (χ2v) is 8.58. The molecule has 0 aliphatic rings. The quantitative estimate of drug-likeness (QED) is 0.577. The van der Waals surface area contributed by atoms with Gasteiger partial charge in [-0.25, -0.2) is 8.42 Å². The SMILES string of the molecule is CC(C)[C@H](NC(=O)COc1ccccc1)C(=O)Nc1ccc(NS(C)(=O)=O)cc1. The van der Waals surface area contributed by atoms with E-state index >= 15 is 0 Å². The third-order valence-electron chi connectivity index (χ3n) is 3.83. The number of para-hydroxylation sites is 1.